The number of hydrogen-bond acceptors (Lipinski definition) is 6. The Hall–Kier alpha value is -2.74. The highest BCUT2D eigenvalue weighted by Gasteiger charge is 2.35. The molecule has 1 heterocycles. The highest BCUT2D eigenvalue weighted by atomic mass is 16.5. The SMILES string of the molecule is CCC(CC)NC(=O)COC(=O)c1ccc2c(c1)C(=O)N(CCCOC)C2=O. The molecule has 1 aromatic carbocycles. The molecule has 0 unspecified atom stereocenters. The van der Waals surface area contributed by atoms with Crippen LogP contribution in [0.5, 0.6) is 0 Å². The van der Waals surface area contributed by atoms with Crippen LogP contribution in [0.25, 0.3) is 0 Å². The molecule has 0 aromatic heterocycles. The predicted molar refractivity (Wildman–Crippen MR) is 101 cm³/mol. The maximum atomic E-state index is 12.5. The number of amides is 3. The largest absolute Gasteiger partial charge is 0.452 e. The van der Waals surface area contributed by atoms with Gasteiger partial charge in [0, 0.05) is 26.3 Å². The molecule has 8 heteroatoms. The van der Waals surface area contributed by atoms with E-state index >= 15 is 0 Å². The Morgan fingerprint density at radius 3 is 2.43 bits per heavy atom. The summed E-state index contributed by atoms with van der Waals surface area (Å²) >= 11 is 0. The number of ether oxygens (including phenoxy) is 2. The lowest BCUT2D eigenvalue weighted by molar-refractivity contribution is -0.125. The number of imide groups is 1. The van der Waals surface area contributed by atoms with Crippen LogP contribution in [-0.4, -0.2) is 61.5 Å². The number of rotatable bonds is 10. The summed E-state index contributed by atoms with van der Waals surface area (Å²) in [7, 11) is 1.55. The van der Waals surface area contributed by atoms with E-state index in [-0.39, 0.29) is 41.1 Å². The van der Waals surface area contributed by atoms with E-state index < -0.39 is 18.5 Å². The zero-order valence-electron chi connectivity index (χ0n) is 16.4. The van der Waals surface area contributed by atoms with Gasteiger partial charge >= 0.3 is 5.97 Å². The average Bonchev–Trinajstić information content (AvgIpc) is 2.94. The Morgan fingerprint density at radius 2 is 1.79 bits per heavy atom. The molecule has 0 saturated carbocycles. The number of benzene rings is 1. The lowest BCUT2D eigenvalue weighted by atomic mass is 10.1. The summed E-state index contributed by atoms with van der Waals surface area (Å²) in [6.45, 7) is 4.20. The van der Waals surface area contributed by atoms with Crippen LogP contribution in [0.15, 0.2) is 18.2 Å². The van der Waals surface area contributed by atoms with Crippen molar-refractivity contribution in [2.24, 2.45) is 0 Å². The number of carbonyl (C=O) groups is 4. The Labute approximate surface area is 164 Å². The topological polar surface area (TPSA) is 102 Å². The van der Waals surface area contributed by atoms with Gasteiger partial charge in [0.2, 0.25) is 0 Å². The van der Waals surface area contributed by atoms with Crippen LogP contribution < -0.4 is 5.32 Å². The average molecular weight is 390 g/mol. The van der Waals surface area contributed by atoms with E-state index in [0.29, 0.717) is 13.0 Å². The zero-order valence-corrected chi connectivity index (χ0v) is 16.4. The lowest BCUT2D eigenvalue weighted by Gasteiger charge is -2.14. The summed E-state index contributed by atoms with van der Waals surface area (Å²) < 4.78 is 9.97. The third kappa shape index (κ3) is 4.95. The third-order valence-electron chi connectivity index (χ3n) is 4.62. The van der Waals surface area contributed by atoms with Crippen LogP contribution in [0.2, 0.25) is 0 Å². The molecule has 1 aliphatic heterocycles. The van der Waals surface area contributed by atoms with Crippen molar-refractivity contribution < 1.29 is 28.7 Å². The van der Waals surface area contributed by atoms with Crippen LogP contribution in [0, 0.1) is 0 Å². The summed E-state index contributed by atoms with van der Waals surface area (Å²) in [6, 6.07) is 4.24. The molecule has 0 bridgehead atoms. The highest BCUT2D eigenvalue weighted by molar-refractivity contribution is 6.21. The van der Waals surface area contributed by atoms with Gasteiger partial charge in [0.1, 0.15) is 0 Å². The molecular formula is C20H26N2O6. The second-order valence-electron chi connectivity index (χ2n) is 6.53. The number of carbonyl (C=O) groups excluding carboxylic acids is 4. The molecular weight excluding hydrogens is 364 g/mol. The first-order chi connectivity index (χ1) is 13.4. The van der Waals surface area contributed by atoms with E-state index in [1.165, 1.54) is 18.2 Å². The van der Waals surface area contributed by atoms with Crippen molar-refractivity contribution >= 4 is 23.7 Å². The Kier molecular flexibility index (Phi) is 7.69. The third-order valence-corrected chi connectivity index (χ3v) is 4.62. The number of esters is 1. The fourth-order valence-corrected chi connectivity index (χ4v) is 2.96. The van der Waals surface area contributed by atoms with Crippen LogP contribution in [-0.2, 0) is 14.3 Å². The summed E-state index contributed by atoms with van der Waals surface area (Å²) in [5, 5.41) is 2.78. The summed E-state index contributed by atoms with van der Waals surface area (Å²) in [6.07, 6.45) is 2.11. The van der Waals surface area contributed by atoms with E-state index in [2.05, 4.69) is 5.32 Å². The van der Waals surface area contributed by atoms with Gasteiger partial charge in [-0.15, -0.1) is 0 Å². The van der Waals surface area contributed by atoms with E-state index in [0.717, 1.165) is 17.7 Å². The van der Waals surface area contributed by atoms with Crippen molar-refractivity contribution in [3.8, 4) is 0 Å². The van der Waals surface area contributed by atoms with Gasteiger partial charge in [-0.1, -0.05) is 13.8 Å². The number of hydrogen-bond donors (Lipinski definition) is 1. The minimum Gasteiger partial charge on any atom is -0.452 e. The first-order valence-corrected chi connectivity index (χ1v) is 9.38. The molecule has 28 heavy (non-hydrogen) atoms. The van der Waals surface area contributed by atoms with Crippen LogP contribution >= 0.6 is 0 Å². The van der Waals surface area contributed by atoms with Crippen molar-refractivity contribution in [3.05, 3.63) is 34.9 Å². The van der Waals surface area contributed by atoms with Gasteiger partial charge < -0.3 is 14.8 Å². The number of nitrogens with one attached hydrogen (secondary N) is 1. The summed E-state index contributed by atoms with van der Waals surface area (Å²) in [5.41, 5.74) is 0.540. The molecule has 0 atom stereocenters. The zero-order chi connectivity index (χ0) is 20.7. The van der Waals surface area contributed by atoms with Gasteiger partial charge in [-0.25, -0.2) is 4.79 Å². The van der Waals surface area contributed by atoms with Crippen LogP contribution in [0.1, 0.15) is 64.2 Å². The molecule has 0 radical (unpaired) electrons. The molecule has 0 aliphatic carbocycles. The van der Waals surface area contributed by atoms with Crippen molar-refractivity contribution in [2.75, 3.05) is 26.9 Å². The molecule has 8 nitrogen and oxygen atoms in total. The van der Waals surface area contributed by atoms with Crippen molar-refractivity contribution in [1.29, 1.82) is 0 Å². The van der Waals surface area contributed by atoms with Gasteiger partial charge in [0.25, 0.3) is 17.7 Å². The summed E-state index contributed by atoms with van der Waals surface area (Å²) in [4.78, 5) is 50.1. The molecule has 152 valence electrons. The minimum atomic E-state index is -0.722. The molecule has 1 N–H and O–H groups in total. The fourth-order valence-electron chi connectivity index (χ4n) is 2.96. The smallest absolute Gasteiger partial charge is 0.338 e. The van der Waals surface area contributed by atoms with Crippen molar-refractivity contribution in [2.45, 2.75) is 39.2 Å². The van der Waals surface area contributed by atoms with Crippen molar-refractivity contribution in [3.63, 3.8) is 0 Å². The normalized spacial score (nSPS) is 13.1. The molecule has 0 spiro atoms. The molecule has 1 aromatic rings. The molecule has 1 aliphatic rings. The minimum absolute atomic E-state index is 0.0407. The van der Waals surface area contributed by atoms with Crippen molar-refractivity contribution in [1.82, 2.24) is 10.2 Å². The van der Waals surface area contributed by atoms with E-state index in [1.807, 2.05) is 13.8 Å². The van der Waals surface area contributed by atoms with E-state index in [4.69, 9.17) is 9.47 Å². The van der Waals surface area contributed by atoms with E-state index in [9.17, 15) is 19.2 Å². The number of methoxy groups -OCH3 is 1. The number of fused-ring (bicyclic) bond motifs is 1. The fraction of sp³-hybridized carbons (Fsp3) is 0.500. The van der Waals surface area contributed by atoms with Gasteiger partial charge in [-0.3, -0.25) is 19.3 Å². The maximum Gasteiger partial charge on any atom is 0.338 e. The predicted octanol–water partition coefficient (Wildman–Crippen LogP) is 1.78. The molecule has 2 rings (SSSR count). The first kappa shape index (κ1) is 21.6. The first-order valence-electron chi connectivity index (χ1n) is 9.38. The van der Waals surface area contributed by atoms with Gasteiger partial charge in [-0.2, -0.15) is 0 Å². The second-order valence-corrected chi connectivity index (χ2v) is 6.53. The molecule has 3 amide bonds. The number of nitrogens with zero attached hydrogens (tertiary/aromatic N) is 1. The Morgan fingerprint density at radius 1 is 1.11 bits per heavy atom. The highest BCUT2D eigenvalue weighted by Crippen LogP contribution is 2.24. The van der Waals surface area contributed by atoms with Crippen LogP contribution in [0.4, 0.5) is 0 Å². The second kappa shape index (κ2) is 9.98. The van der Waals surface area contributed by atoms with Gasteiger partial charge in [0.05, 0.1) is 16.7 Å². The monoisotopic (exact) mass is 390 g/mol. The van der Waals surface area contributed by atoms with E-state index in [1.54, 1.807) is 7.11 Å². The van der Waals surface area contributed by atoms with Gasteiger partial charge in [-0.05, 0) is 37.5 Å². The Bertz CT molecular complexity index is 757. The maximum absolute atomic E-state index is 12.5. The van der Waals surface area contributed by atoms with Crippen LogP contribution in [0.3, 0.4) is 0 Å². The summed E-state index contributed by atoms with van der Waals surface area (Å²) in [5.74, 6) is -1.93. The quantitative estimate of drug-likeness (QED) is 0.371. The molecule has 0 fully saturated rings. The lowest BCUT2D eigenvalue weighted by Crippen LogP contribution is -2.36. The van der Waals surface area contributed by atoms with Gasteiger partial charge in [0.15, 0.2) is 6.61 Å². The molecule has 0 saturated heterocycles. The standard InChI is InChI=1S/C20H26N2O6/c1-4-14(5-2)21-17(23)12-28-20(26)13-7-8-15-16(11-13)19(25)22(18(15)24)9-6-10-27-3/h7-8,11,14H,4-6,9-10,12H2,1-3H3,(H,21,23). The Balaban J connectivity index is 2.00.